The van der Waals surface area contributed by atoms with E-state index < -0.39 is 23.7 Å². The second kappa shape index (κ2) is 7.10. The maximum atomic E-state index is 13.3. The molecule has 1 amide bonds. The molecule has 148 valence electrons. The van der Waals surface area contributed by atoms with Gasteiger partial charge in [-0.1, -0.05) is 29.8 Å². The SMILES string of the molecule is CC(C)(O)C(NC(=O)c1[nH]c(-c2cccc(Cl)c2)c2cccc[n+]12)C(F)(F)F. The number of hydrogen-bond acceptors (Lipinski definition) is 2. The van der Waals surface area contributed by atoms with Crippen LogP contribution in [-0.2, 0) is 0 Å². The van der Waals surface area contributed by atoms with Gasteiger partial charge in [0.25, 0.3) is 0 Å². The molecule has 3 N–H and O–H groups in total. The van der Waals surface area contributed by atoms with Crippen molar-refractivity contribution in [3.63, 3.8) is 0 Å². The first-order valence-corrected chi connectivity index (χ1v) is 8.74. The topological polar surface area (TPSA) is 69.2 Å². The third-order valence-electron chi connectivity index (χ3n) is 4.24. The van der Waals surface area contributed by atoms with Gasteiger partial charge in [-0.3, -0.25) is 4.79 Å². The van der Waals surface area contributed by atoms with Crippen molar-refractivity contribution in [1.82, 2.24) is 10.3 Å². The van der Waals surface area contributed by atoms with Crippen molar-refractivity contribution in [1.29, 1.82) is 0 Å². The molecular formula is C19H18ClF3N3O2+. The Morgan fingerprint density at radius 2 is 1.93 bits per heavy atom. The van der Waals surface area contributed by atoms with E-state index >= 15 is 0 Å². The molecule has 3 rings (SSSR count). The number of rotatable bonds is 4. The van der Waals surface area contributed by atoms with E-state index in [0.29, 0.717) is 21.8 Å². The summed E-state index contributed by atoms with van der Waals surface area (Å²) >= 11 is 6.03. The maximum Gasteiger partial charge on any atom is 0.411 e. The highest BCUT2D eigenvalue weighted by molar-refractivity contribution is 6.30. The number of alkyl halides is 3. The Morgan fingerprint density at radius 1 is 1.21 bits per heavy atom. The fourth-order valence-corrected chi connectivity index (χ4v) is 3.16. The average Bonchev–Trinajstić information content (AvgIpc) is 2.97. The molecule has 0 fully saturated rings. The Kier molecular flexibility index (Phi) is 5.12. The number of aromatic nitrogens is 2. The third-order valence-corrected chi connectivity index (χ3v) is 4.47. The summed E-state index contributed by atoms with van der Waals surface area (Å²) in [6.45, 7) is 1.98. The van der Waals surface area contributed by atoms with Gasteiger partial charge in [0.2, 0.25) is 0 Å². The fraction of sp³-hybridized carbons (Fsp3) is 0.263. The number of nitrogens with one attached hydrogen (secondary N) is 2. The van der Waals surface area contributed by atoms with Crippen molar-refractivity contribution in [3.8, 4) is 11.3 Å². The molecule has 2 heterocycles. The molecule has 0 radical (unpaired) electrons. The summed E-state index contributed by atoms with van der Waals surface area (Å²) in [7, 11) is 0. The molecule has 1 unspecified atom stereocenters. The van der Waals surface area contributed by atoms with Crippen molar-refractivity contribution in [2.75, 3.05) is 0 Å². The van der Waals surface area contributed by atoms with Gasteiger partial charge in [0, 0.05) is 10.6 Å². The number of aliphatic hydroxyl groups is 1. The fourth-order valence-electron chi connectivity index (χ4n) is 2.97. The standard InChI is InChI=1S/C19H17ClF3N3O2/c1-18(2,28)17(19(21,22)23)25-16(27)15-24-14(11-6-5-7-12(20)10-11)13-8-3-4-9-26(13)15/h3-10,17,28H,1-2H3,(H,25,27)/p+1. The molecule has 0 bridgehead atoms. The molecule has 0 aliphatic rings. The molecule has 3 aromatic rings. The monoisotopic (exact) mass is 412 g/mol. The average molecular weight is 413 g/mol. The molecule has 2 aromatic heterocycles. The molecule has 0 spiro atoms. The van der Waals surface area contributed by atoms with Gasteiger partial charge in [-0.05, 0) is 38.1 Å². The van der Waals surface area contributed by atoms with Crippen LogP contribution in [0.1, 0.15) is 24.5 Å². The van der Waals surface area contributed by atoms with Gasteiger partial charge >= 0.3 is 17.9 Å². The number of benzene rings is 1. The molecule has 5 nitrogen and oxygen atoms in total. The van der Waals surface area contributed by atoms with Crippen LogP contribution >= 0.6 is 11.6 Å². The maximum absolute atomic E-state index is 13.3. The van der Waals surface area contributed by atoms with Crippen LogP contribution < -0.4 is 9.72 Å². The Hall–Kier alpha value is -2.58. The van der Waals surface area contributed by atoms with Crippen molar-refractivity contribution in [3.05, 3.63) is 59.5 Å². The Bertz CT molecular complexity index is 1010. The number of hydrogen-bond donors (Lipinski definition) is 3. The van der Waals surface area contributed by atoms with E-state index in [2.05, 4.69) is 4.98 Å². The largest absolute Gasteiger partial charge is 0.411 e. The van der Waals surface area contributed by atoms with E-state index in [1.54, 1.807) is 48.7 Å². The van der Waals surface area contributed by atoms with E-state index in [-0.39, 0.29) is 5.82 Å². The predicted octanol–water partition coefficient (Wildman–Crippen LogP) is 3.51. The van der Waals surface area contributed by atoms with Crippen molar-refractivity contribution >= 4 is 23.0 Å². The van der Waals surface area contributed by atoms with E-state index in [9.17, 15) is 23.1 Å². The van der Waals surface area contributed by atoms with E-state index in [4.69, 9.17) is 11.6 Å². The number of carbonyl (C=O) groups is 1. The van der Waals surface area contributed by atoms with E-state index in [0.717, 1.165) is 13.8 Å². The van der Waals surface area contributed by atoms with Crippen molar-refractivity contribution in [2.45, 2.75) is 31.7 Å². The zero-order valence-corrected chi connectivity index (χ0v) is 15.8. The summed E-state index contributed by atoms with van der Waals surface area (Å²) < 4.78 is 41.4. The number of carbonyl (C=O) groups excluding carboxylic acids is 1. The summed E-state index contributed by atoms with van der Waals surface area (Å²) in [5.74, 6) is -1.11. The molecule has 9 heteroatoms. The minimum atomic E-state index is -4.82. The number of aromatic amines is 1. The first-order chi connectivity index (χ1) is 13.0. The summed E-state index contributed by atoms with van der Waals surface area (Å²) in [6.07, 6.45) is -3.27. The molecule has 0 aliphatic carbocycles. The number of nitrogens with zero attached hydrogens (tertiary/aromatic N) is 1. The van der Waals surface area contributed by atoms with Gasteiger partial charge < -0.3 is 10.4 Å². The summed E-state index contributed by atoms with van der Waals surface area (Å²) in [5.41, 5.74) is -0.413. The van der Waals surface area contributed by atoms with Crippen LogP contribution in [0.3, 0.4) is 0 Å². The smallest absolute Gasteiger partial charge is 0.388 e. The Morgan fingerprint density at radius 3 is 2.54 bits per heavy atom. The second-order valence-electron chi connectivity index (χ2n) is 6.92. The van der Waals surface area contributed by atoms with Gasteiger partial charge in [-0.2, -0.15) is 17.6 Å². The van der Waals surface area contributed by atoms with E-state index in [1.165, 1.54) is 4.40 Å². The summed E-state index contributed by atoms with van der Waals surface area (Å²) in [5, 5.41) is 12.2. The number of imidazole rings is 1. The van der Waals surface area contributed by atoms with Crippen LogP contribution in [-0.4, -0.2) is 33.8 Å². The normalized spacial score (nSPS) is 13.5. The minimum absolute atomic E-state index is 0.107. The number of pyridine rings is 1. The highest BCUT2D eigenvalue weighted by atomic mass is 35.5. The minimum Gasteiger partial charge on any atom is -0.388 e. The Balaban J connectivity index is 2.07. The van der Waals surface area contributed by atoms with Crippen molar-refractivity contribution in [2.24, 2.45) is 0 Å². The number of amides is 1. The molecule has 28 heavy (non-hydrogen) atoms. The predicted molar refractivity (Wildman–Crippen MR) is 98.0 cm³/mol. The van der Waals surface area contributed by atoms with E-state index in [1.807, 2.05) is 5.32 Å². The zero-order chi connectivity index (χ0) is 20.7. The van der Waals surface area contributed by atoms with Crippen LogP contribution in [0.2, 0.25) is 5.02 Å². The van der Waals surface area contributed by atoms with Gasteiger partial charge in [0.05, 0.1) is 11.8 Å². The molecule has 1 aromatic carbocycles. The first kappa shape index (κ1) is 20.2. The van der Waals surface area contributed by atoms with Crippen LogP contribution in [0.4, 0.5) is 13.2 Å². The highest BCUT2D eigenvalue weighted by Gasteiger charge is 2.50. The molecule has 1 atom stereocenters. The quantitative estimate of drug-likeness (QED) is 0.574. The lowest BCUT2D eigenvalue weighted by Gasteiger charge is -2.31. The van der Waals surface area contributed by atoms with Crippen molar-refractivity contribution < 1.29 is 27.5 Å². The third kappa shape index (κ3) is 3.98. The lowest BCUT2D eigenvalue weighted by Crippen LogP contribution is -2.58. The zero-order valence-electron chi connectivity index (χ0n) is 15.0. The van der Waals surface area contributed by atoms with Crippen LogP contribution in [0, 0.1) is 0 Å². The number of H-pyrrole nitrogens is 1. The van der Waals surface area contributed by atoms with Gasteiger partial charge in [0.15, 0.2) is 17.3 Å². The molecule has 0 saturated heterocycles. The van der Waals surface area contributed by atoms with Gasteiger partial charge in [-0.15, -0.1) is 0 Å². The van der Waals surface area contributed by atoms with Crippen LogP contribution in [0.15, 0.2) is 48.7 Å². The van der Waals surface area contributed by atoms with Crippen LogP contribution in [0.25, 0.3) is 16.8 Å². The lowest BCUT2D eigenvalue weighted by molar-refractivity contribution is -0.514. The number of halogens is 4. The summed E-state index contributed by atoms with van der Waals surface area (Å²) in [4.78, 5) is 15.6. The summed E-state index contributed by atoms with van der Waals surface area (Å²) in [6, 6.07) is 9.54. The number of fused-ring (bicyclic) bond motifs is 1. The van der Waals surface area contributed by atoms with Gasteiger partial charge in [0.1, 0.15) is 0 Å². The lowest BCUT2D eigenvalue weighted by atomic mass is 9.98. The highest BCUT2D eigenvalue weighted by Crippen LogP contribution is 2.29. The molecular weight excluding hydrogens is 395 g/mol. The first-order valence-electron chi connectivity index (χ1n) is 8.37. The molecule has 0 saturated carbocycles. The van der Waals surface area contributed by atoms with Crippen LogP contribution in [0.5, 0.6) is 0 Å². The van der Waals surface area contributed by atoms with Gasteiger partial charge in [-0.25, -0.2) is 4.98 Å². The Labute approximate surface area is 163 Å². The second-order valence-corrected chi connectivity index (χ2v) is 7.35. The molecule has 0 aliphatic heterocycles.